The van der Waals surface area contributed by atoms with Crippen molar-refractivity contribution in [3.63, 3.8) is 0 Å². The van der Waals surface area contributed by atoms with Crippen molar-refractivity contribution in [3.05, 3.63) is 36.5 Å². The number of amides is 1. The summed E-state index contributed by atoms with van der Waals surface area (Å²) in [5.74, 6) is 0.209. The second kappa shape index (κ2) is 7.73. The summed E-state index contributed by atoms with van der Waals surface area (Å²) >= 11 is 0. The first-order chi connectivity index (χ1) is 11.4. The van der Waals surface area contributed by atoms with Gasteiger partial charge in [0.05, 0.1) is 11.1 Å². The Morgan fingerprint density at radius 1 is 1.38 bits per heavy atom. The molecular weight excluding hydrogens is 300 g/mol. The summed E-state index contributed by atoms with van der Waals surface area (Å²) in [4.78, 5) is 25.5. The van der Waals surface area contributed by atoms with Gasteiger partial charge in [-0.3, -0.25) is 9.59 Å². The molecular formula is C20H28N2O2. The van der Waals surface area contributed by atoms with Crippen LogP contribution in [0.3, 0.4) is 0 Å². The van der Waals surface area contributed by atoms with Crippen LogP contribution in [-0.4, -0.2) is 29.0 Å². The van der Waals surface area contributed by atoms with Crippen molar-refractivity contribution in [2.24, 2.45) is 16.4 Å². The van der Waals surface area contributed by atoms with E-state index in [4.69, 9.17) is 0 Å². The predicted octanol–water partition coefficient (Wildman–Crippen LogP) is 4.05. The second-order valence-electron chi connectivity index (χ2n) is 6.85. The average molecular weight is 328 g/mol. The van der Waals surface area contributed by atoms with Crippen LogP contribution in [0.15, 0.2) is 41.6 Å². The zero-order chi connectivity index (χ0) is 17.7. The van der Waals surface area contributed by atoms with Crippen LogP contribution >= 0.6 is 0 Å². The fourth-order valence-electron chi connectivity index (χ4n) is 3.76. The summed E-state index contributed by atoms with van der Waals surface area (Å²) in [5, 5.41) is 5.82. The molecule has 1 heterocycles. The van der Waals surface area contributed by atoms with E-state index in [-0.39, 0.29) is 18.2 Å². The van der Waals surface area contributed by atoms with Crippen LogP contribution in [0.5, 0.6) is 0 Å². The molecule has 1 aliphatic carbocycles. The molecule has 24 heavy (non-hydrogen) atoms. The number of carbonyl (C=O) groups excluding carboxylic acids is 2. The van der Waals surface area contributed by atoms with Gasteiger partial charge in [-0.2, -0.15) is 5.10 Å². The molecule has 0 radical (unpaired) electrons. The molecule has 130 valence electrons. The van der Waals surface area contributed by atoms with Crippen LogP contribution in [-0.2, 0) is 9.59 Å². The molecule has 1 unspecified atom stereocenters. The van der Waals surface area contributed by atoms with Gasteiger partial charge in [-0.15, -0.1) is 0 Å². The minimum Gasteiger partial charge on any atom is -0.292 e. The third-order valence-electron chi connectivity index (χ3n) is 5.46. The van der Waals surface area contributed by atoms with Gasteiger partial charge in [0.2, 0.25) is 0 Å². The first-order valence-electron chi connectivity index (χ1n) is 8.81. The molecule has 4 nitrogen and oxygen atoms in total. The fourth-order valence-corrected chi connectivity index (χ4v) is 3.76. The van der Waals surface area contributed by atoms with Crippen LogP contribution in [0, 0.1) is 11.3 Å². The van der Waals surface area contributed by atoms with Crippen molar-refractivity contribution in [2.45, 2.75) is 52.9 Å². The van der Waals surface area contributed by atoms with E-state index < -0.39 is 5.41 Å². The maximum absolute atomic E-state index is 13.0. The number of nitrogens with zero attached hydrogens (tertiary/aromatic N) is 2. The van der Waals surface area contributed by atoms with Crippen LogP contribution < -0.4 is 0 Å². The molecule has 1 aliphatic heterocycles. The lowest BCUT2D eigenvalue weighted by Gasteiger charge is -2.35. The number of allylic oxidation sites excluding steroid dienone is 4. The number of hydrogen-bond donors (Lipinski definition) is 0. The Balaban J connectivity index is 2.13. The van der Waals surface area contributed by atoms with E-state index >= 15 is 0 Å². The van der Waals surface area contributed by atoms with Crippen molar-refractivity contribution < 1.29 is 9.59 Å². The Labute approximate surface area is 145 Å². The zero-order valence-electron chi connectivity index (χ0n) is 15.0. The average Bonchev–Trinajstić information content (AvgIpc) is 2.81. The summed E-state index contributed by atoms with van der Waals surface area (Å²) in [6.07, 6.45) is 12.5. The van der Waals surface area contributed by atoms with Gasteiger partial charge < -0.3 is 0 Å². The van der Waals surface area contributed by atoms with Gasteiger partial charge in [0.1, 0.15) is 6.54 Å². The third-order valence-corrected chi connectivity index (χ3v) is 5.46. The number of ketones is 1. The summed E-state index contributed by atoms with van der Waals surface area (Å²) in [6.45, 7) is 9.35. The third kappa shape index (κ3) is 3.42. The molecule has 0 aromatic carbocycles. The molecule has 1 amide bonds. The molecule has 0 bridgehead atoms. The first kappa shape index (κ1) is 18.4. The summed E-state index contributed by atoms with van der Waals surface area (Å²) < 4.78 is 0. The van der Waals surface area contributed by atoms with Crippen LogP contribution in [0.4, 0.5) is 0 Å². The summed E-state index contributed by atoms with van der Waals surface area (Å²) in [6, 6.07) is 0. The van der Waals surface area contributed by atoms with Gasteiger partial charge in [0, 0.05) is 5.57 Å². The maximum atomic E-state index is 13.0. The Hall–Kier alpha value is -1.97. The van der Waals surface area contributed by atoms with E-state index in [9.17, 15) is 9.59 Å². The summed E-state index contributed by atoms with van der Waals surface area (Å²) in [5.41, 5.74) is 0.867. The van der Waals surface area contributed by atoms with Crippen molar-refractivity contribution >= 4 is 17.4 Å². The monoisotopic (exact) mass is 328 g/mol. The molecule has 4 heteroatoms. The topological polar surface area (TPSA) is 49.7 Å². The molecule has 0 aromatic rings. The standard InChI is InChI=1S/C20H28N2O2/c1-5-7-11-16(6-2)18(23)14-22-19(24)20(4,15(3)21-22)17-12-9-8-10-13-17/h5-7,11,17H,1,8-10,12-14H2,2-4H3/b11-7-,16-6+. The molecule has 1 atom stereocenters. The maximum Gasteiger partial charge on any atom is 0.255 e. The quantitative estimate of drug-likeness (QED) is 0.545. The Bertz CT molecular complexity index is 609. The lowest BCUT2D eigenvalue weighted by atomic mass is 9.67. The minimum absolute atomic E-state index is 0.000358. The summed E-state index contributed by atoms with van der Waals surface area (Å²) in [7, 11) is 0. The van der Waals surface area contributed by atoms with Crippen molar-refractivity contribution in [3.8, 4) is 0 Å². The largest absolute Gasteiger partial charge is 0.292 e. The molecule has 0 spiro atoms. The van der Waals surface area contributed by atoms with Crippen molar-refractivity contribution in [1.82, 2.24) is 5.01 Å². The molecule has 0 saturated heterocycles. The second-order valence-corrected chi connectivity index (χ2v) is 6.85. The Kier molecular flexibility index (Phi) is 5.92. The van der Waals surface area contributed by atoms with E-state index in [1.54, 1.807) is 24.3 Å². The van der Waals surface area contributed by atoms with E-state index in [2.05, 4.69) is 11.7 Å². The Morgan fingerprint density at radius 3 is 2.62 bits per heavy atom. The van der Waals surface area contributed by atoms with E-state index in [0.29, 0.717) is 11.5 Å². The van der Waals surface area contributed by atoms with Gasteiger partial charge in [-0.1, -0.05) is 50.1 Å². The smallest absolute Gasteiger partial charge is 0.255 e. The van der Waals surface area contributed by atoms with Gasteiger partial charge in [0.25, 0.3) is 5.91 Å². The molecule has 2 aliphatic rings. The van der Waals surface area contributed by atoms with Gasteiger partial charge >= 0.3 is 0 Å². The van der Waals surface area contributed by atoms with E-state index in [0.717, 1.165) is 18.6 Å². The fraction of sp³-hybridized carbons (Fsp3) is 0.550. The lowest BCUT2D eigenvalue weighted by Crippen LogP contribution is -2.44. The molecule has 1 saturated carbocycles. The molecule has 1 fully saturated rings. The number of hydrogen-bond acceptors (Lipinski definition) is 3. The van der Waals surface area contributed by atoms with Crippen LogP contribution in [0.1, 0.15) is 52.9 Å². The SMILES string of the molecule is C=C/C=C\C(=C/C)C(=O)CN1N=C(C)C(C)(C2CCCCC2)C1=O. The Morgan fingerprint density at radius 2 is 2.04 bits per heavy atom. The molecule has 2 rings (SSSR count). The molecule has 0 N–H and O–H groups in total. The van der Waals surface area contributed by atoms with Crippen LogP contribution in [0.2, 0.25) is 0 Å². The highest BCUT2D eigenvalue weighted by molar-refractivity contribution is 6.12. The lowest BCUT2D eigenvalue weighted by molar-refractivity contribution is -0.140. The van der Waals surface area contributed by atoms with E-state index in [1.807, 2.05) is 20.8 Å². The first-order valence-corrected chi connectivity index (χ1v) is 8.81. The predicted molar refractivity (Wildman–Crippen MR) is 97.6 cm³/mol. The zero-order valence-corrected chi connectivity index (χ0v) is 15.0. The van der Waals surface area contributed by atoms with Gasteiger partial charge in [-0.25, -0.2) is 5.01 Å². The highest BCUT2D eigenvalue weighted by Gasteiger charge is 2.50. The van der Waals surface area contributed by atoms with Crippen molar-refractivity contribution in [1.29, 1.82) is 0 Å². The van der Waals surface area contributed by atoms with Crippen LogP contribution in [0.25, 0.3) is 0 Å². The van der Waals surface area contributed by atoms with E-state index in [1.165, 1.54) is 24.3 Å². The number of Topliss-reactive ketones (excluding diaryl/α,β-unsaturated/α-hetero) is 1. The van der Waals surface area contributed by atoms with Gasteiger partial charge in [-0.05, 0) is 39.5 Å². The highest BCUT2D eigenvalue weighted by Crippen LogP contribution is 2.43. The van der Waals surface area contributed by atoms with Gasteiger partial charge in [0.15, 0.2) is 5.78 Å². The number of rotatable bonds is 6. The highest BCUT2D eigenvalue weighted by atomic mass is 16.2. The number of carbonyl (C=O) groups is 2. The minimum atomic E-state index is -0.548. The molecule has 0 aromatic heterocycles. The number of hydrazone groups is 1. The normalized spacial score (nSPS) is 26.1. The van der Waals surface area contributed by atoms with Crippen molar-refractivity contribution in [2.75, 3.05) is 6.54 Å².